The first-order valence-corrected chi connectivity index (χ1v) is 7.65. The van der Waals surface area contributed by atoms with Crippen LogP contribution < -0.4 is 14.9 Å². The summed E-state index contributed by atoms with van der Waals surface area (Å²) in [5, 5.41) is 2.19. The molecule has 5 rings (SSSR count). The molecule has 0 unspecified atom stereocenters. The van der Waals surface area contributed by atoms with E-state index in [2.05, 4.69) is 0 Å². The summed E-state index contributed by atoms with van der Waals surface area (Å²) < 4.78 is 16.8. The Labute approximate surface area is 136 Å². The van der Waals surface area contributed by atoms with E-state index < -0.39 is 0 Å². The Bertz CT molecular complexity index is 1140. The molecule has 0 saturated heterocycles. The van der Waals surface area contributed by atoms with Crippen LogP contribution in [0.25, 0.3) is 32.9 Å². The number of rotatable bonds is 1. The fourth-order valence-corrected chi connectivity index (χ4v) is 3.21. The van der Waals surface area contributed by atoms with Gasteiger partial charge in [-0.2, -0.15) is 0 Å². The van der Waals surface area contributed by atoms with Crippen LogP contribution in [-0.4, -0.2) is 6.79 Å². The predicted molar refractivity (Wildman–Crippen MR) is 91.5 cm³/mol. The Morgan fingerprint density at radius 2 is 1.67 bits per heavy atom. The van der Waals surface area contributed by atoms with Crippen LogP contribution in [0.15, 0.2) is 70.1 Å². The van der Waals surface area contributed by atoms with Crippen molar-refractivity contribution in [1.82, 2.24) is 0 Å². The second kappa shape index (κ2) is 4.86. The third-order valence-corrected chi connectivity index (χ3v) is 4.34. The van der Waals surface area contributed by atoms with E-state index in [-0.39, 0.29) is 12.2 Å². The fraction of sp³-hybridized carbons (Fsp3) is 0.0500. The van der Waals surface area contributed by atoms with Gasteiger partial charge >= 0.3 is 0 Å². The molecule has 0 aliphatic carbocycles. The van der Waals surface area contributed by atoms with Crippen molar-refractivity contribution in [3.63, 3.8) is 0 Å². The summed E-state index contributed by atoms with van der Waals surface area (Å²) in [6.45, 7) is 0.161. The number of hydrogen-bond donors (Lipinski definition) is 0. The molecule has 3 aromatic carbocycles. The van der Waals surface area contributed by atoms with Gasteiger partial charge in [-0.25, -0.2) is 0 Å². The average Bonchev–Trinajstić information content (AvgIpc) is 3.11. The molecule has 0 radical (unpaired) electrons. The first-order valence-electron chi connectivity index (χ1n) is 7.65. The lowest BCUT2D eigenvalue weighted by molar-refractivity contribution is 0.175. The summed E-state index contributed by atoms with van der Waals surface area (Å²) in [5.41, 5.74) is 1.83. The summed E-state index contributed by atoms with van der Waals surface area (Å²) in [6.07, 6.45) is 1.52. The maximum atomic E-state index is 13.2. The predicted octanol–water partition coefficient (Wildman–Crippen LogP) is 4.34. The molecular weight excluding hydrogens is 304 g/mol. The molecule has 0 spiro atoms. The molecule has 1 aliphatic rings. The fourth-order valence-electron chi connectivity index (χ4n) is 3.21. The van der Waals surface area contributed by atoms with Crippen LogP contribution >= 0.6 is 0 Å². The summed E-state index contributed by atoms with van der Waals surface area (Å²) in [5.74, 6) is 1.26. The van der Waals surface area contributed by atoms with Crippen molar-refractivity contribution in [2.24, 2.45) is 0 Å². The van der Waals surface area contributed by atoms with Crippen molar-refractivity contribution in [2.75, 3.05) is 6.79 Å². The van der Waals surface area contributed by atoms with Crippen molar-refractivity contribution in [1.29, 1.82) is 0 Å². The van der Waals surface area contributed by atoms with Crippen LogP contribution in [0.5, 0.6) is 11.5 Å². The lowest BCUT2D eigenvalue weighted by Gasteiger charge is -2.08. The van der Waals surface area contributed by atoms with Crippen LogP contribution in [0, 0.1) is 0 Å². The third-order valence-electron chi connectivity index (χ3n) is 4.34. The highest BCUT2D eigenvalue weighted by Crippen LogP contribution is 2.41. The Balaban J connectivity index is 1.95. The van der Waals surface area contributed by atoms with Crippen LogP contribution in [-0.2, 0) is 0 Å². The van der Waals surface area contributed by atoms with Gasteiger partial charge in [-0.05, 0) is 23.1 Å². The van der Waals surface area contributed by atoms with E-state index in [1.807, 2.05) is 54.6 Å². The molecule has 0 amide bonds. The van der Waals surface area contributed by atoms with Crippen LogP contribution in [0.3, 0.4) is 0 Å². The van der Waals surface area contributed by atoms with E-state index in [9.17, 15) is 4.79 Å². The first kappa shape index (κ1) is 13.2. The van der Waals surface area contributed by atoms with Crippen molar-refractivity contribution < 1.29 is 13.9 Å². The Morgan fingerprint density at radius 3 is 2.54 bits per heavy atom. The van der Waals surface area contributed by atoms with Gasteiger partial charge in [-0.1, -0.05) is 42.5 Å². The van der Waals surface area contributed by atoms with E-state index in [1.165, 1.54) is 6.26 Å². The van der Waals surface area contributed by atoms with Crippen molar-refractivity contribution >= 4 is 21.7 Å². The minimum Gasteiger partial charge on any atom is -0.463 e. The highest BCUT2D eigenvalue weighted by atomic mass is 16.7. The second-order valence-electron chi connectivity index (χ2n) is 5.68. The van der Waals surface area contributed by atoms with Crippen LogP contribution in [0.1, 0.15) is 0 Å². The standard InChI is InChI=1S/C20H12O4/c21-19-14(12-4-2-1-3-5-12)10-22-15-8-6-13-7-9-16-20(24-11-23-16)17(13)18(15)19/h1-10H,11H2. The SMILES string of the molecule is O=c1c(-c2ccccc2)coc2ccc3ccc4c(c3c12)OCO4. The van der Waals surface area contributed by atoms with Gasteiger partial charge in [-0.3, -0.25) is 4.79 Å². The van der Waals surface area contributed by atoms with Crippen molar-refractivity contribution in [2.45, 2.75) is 0 Å². The average molecular weight is 316 g/mol. The molecule has 0 N–H and O–H groups in total. The lowest BCUT2D eigenvalue weighted by atomic mass is 10.0. The van der Waals surface area contributed by atoms with Crippen LogP contribution in [0.2, 0.25) is 0 Å². The van der Waals surface area contributed by atoms with Gasteiger partial charge in [0, 0.05) is 5.39 Å². The van der Waals surface area contributed by atoms with Crippen molar-refractivity contribution in [3.8, 4) is 22.6 Å². The number of fused-ring (bicyclic) bond motifs is 5. The monoisotopic (exact) mass is 316 g/mol. The van der Waals surface area contributed by atoms with Crippen LogP contribution in [0.4, 0.5) is 0 Å². The quantitative estimate of drug-likeness (QED) is 0.490. The minimum atomic E-state index is -0.0723. The van der Waals surface area contributed by atoms with Gasteiger partial charge in [0.05, 0.1) is 10.9 Å². The third kappa shape index (κ3) is 1.77. The molecule has 1 aliphatic heterocycles. The molecule has 0 saturated carbocycles. The maximum Gasteiger partial charge on any atom is 0.231 e. The smallest absolute Gasteiger partial charge is 0.231 e. The molecular formula is C20H12O4. The number of ether oxygens (including phenoxy) is 2. The van der Waals surface area contributed by atoms with Gasteiger partial charge in [0.25, 0.3) is 0 Å². The normalized spacial score (nSPS) is 12.8. The molecule has 4 heteroatoms. The summed E-state index contributed by atoms with van der Waals surface area (Å²) in [7, 11) is 0. The molecule has 4 nitrogen and oxygen atoms in total. The van der Waals surface area contributed by atoms with E-state index in [0.29, 0.717) is 28.0 Å². The highest BCUT2D eigenvalue weighted by Gasteiger charge is 2.21. The zero-order chi connectivity index (χ0) is 16.1. The molecule has 2 heterocycles. The Hall–Kier alpha value is -3.27. The van der Waals surface area contributed by atoms with Gasteiger partial charge < -0.3 is 13.9 Å². The number of hydrogen-bond acceptors (Lipinski definition) is 4. The topological polar surface area (TPSA) is 48.7 Å². The summed E-state index contributed by atoms with van der Waals surface area (Å²) >= 11 is 0. The van der Waals surface area contributed by atoms with E-state index in [4.69, 9.17) is 13.9 Å². The Kier molecular flexibility index (Phi) is 2.67. The van der Waals surface area contributed by atoms with E-state index in [1.54, 1.807) is 0 Å². The van der Waals surface area contributed by atoms with Gasteiger partial charge in [0.15, 0.2) is 11.5 Å². The molecule has 0 atom stereocenters. The second-order valence-corrected chi connectivity index (χ2v) is 5.68. The number of benzene rings is 3. The van der Waals surface area contributed by atoms with E-state index in [0.717, 1.165) is 16.3 Å². The minimum absolute atomic E-state index is 0.0723. The molecule has 0 fully saturated rings. The molecule has 0 bridgehead atoms. The Morgan fingerprint density at radius 1 is 0.833 bits per heavy atom. The zero-order valence-electron chi connectivity index (χ0n) is 12.6. The molecule has 1 aromatic heterocycles. The molecule has 116 valence electrons. The summed E-state index contributed by atoms with van der Waals surface area (Å²) in [6, 6.07) is 17.0. The largest absolute Gasteiger partial charge is 0.463 e. The summed E-state index contributed by atoms with van der Waals surface area (Å²) in [4.78, 5) is 13.2. The maximum absolute atomic E-state index is 13.2. The van der Waals surface area contributed by atoms with Crippen molar-refractivity contribution in [3.05, 3.63) is 71.1 Å². The van der Waals surface area contributed by atoms with Gasteiger partial charge in [-0.15, -0.1) is 0 Å². The van der Waals surface area contributed by atoms with E-state index >= 15 is 0 Å². The highest BCUT2D eigenvalue weighted by molar-refractivity contribution is 6.10. The molecule has 24 heavy (non-hydrogen) atoms. The lowest BCUT2D eigenvalue weighted by Crippen LogP contribution is -2.05. The molecule has 4 aromatic rings. The van der Waals surface area contributed by atoms with Gasteiger partial charge in [0.2, 0.25) is 12.2 Å². The zero-order valence-corrected chi connectivity index (χ0v) is 12.6. The first-order chi connectivity index (χ1) is 11.8. The van der Waals surface area contributed by atoms with Gasteiger partial charge in [0.1, 0.15) is 11.8 Å².